The number of fused-ring (bicyclic) bond motifs is 1. The monoisotopic (exact) mass is 422 g/mol. The number of aliphatic hydroxyl groups excluding tert-OH is 1. The molecule has 1 atom stereocenters. The maximum absolute atomic E-state index is 13.1. The molecule has 4 rings (SSSR count). The number of nitrogens with zero attached hydrogens (tertiary/aromatic N) is 4. The number of carbonyl (C=O) groups is 1. The van der Waals surface area contributed by atoms with E-state index in [0.29, 0.717) is 63.4 Å². The molecule has 9 heteroatoms. The summed E-state index contributed by atoms with van der Waals surface area (Å²) in [5, 5.41) is 9.06. The third kappa shape index (κ3) is 4.22. The van der Waals surface area contributed by atoms with Gasteiger partial charge in [-0.05, 0) is 18.1 Å². The van der Waals surface area contributed by atoms with E-state index in [9.17, 15) is 18.0 Å². The molecule has 1 unspecified atom stereocenters. The summed E-state index contributed by atoms with van der Waals surface area (Å²) in [6.45, 7) is 3.72. The smallest absolute Gasteiger partial charge is 0.395 e. The number of benzene rings is 1. The SMILES string of the molecule is O=C(c1cnc2n1CC(c1cccc(C(F)(F)F)c1)CC2)N1CCN(CCO)CC1. The van der Waals surface area contributed by atoms with Crippen LogP contribution in [0, 0.1) is 0 Å². The summed E-state index contributed by atoms with van der Waals surface area (Å²) in [6, 6.07) is 5.47. The van der Waals surface area contributed by atoms with Crippen LogP contribution in [-0.2, 0) is 19.1 Å². The van der Waals surface area contributed by atoms with E-state index in [1.165, 1.54) is 12.1 Å². The first kappa shape index (κ1) is 20.9. The fourth-order valence-corrected chi connectivity index (χ4v) is 4.32. The first-order valence-corrected chi connectivity index (χ1v) is 10.2. The number of rotatable bonds is 4. The van der Waals surface area contributed by atoms with Crippen molar-refractivity contribution in [1.82, 2.24) is 19.4 Å². The maximum atomic E-state index is 13.1. The van der Waals surface area contributed by atoms with E-state index in [2.05, 4.69) is 9.88 Å². The van der Waals surface area contributed by atoms with Crippen LogP contribution in [0.15, 0.2) is 30.5 Å². The fraction of sp³-hybridized carbons (Fsp3) is 0.524. The second-order valence-corrected chi connectivity index (χ2v) is 7.89. The van der Waals surface area contributed by atoms with Gasteiger partial charge in [-0.25, -0.2) is 4.98 Å². The number of aromatic nitrogens is 2. The predicted molar refractivity (Wildman–Crippen MR) is 104 cm³/mol. The molecule has 0 radical (unpaired) electrons. The lowest BCUT2D eigenvalue weighted by Crippen LogP contribution is -2.49. The van der Waals surface area contributed by atoms with Crippen LogP contribution in [0.3, 0.4) is 0 Å². The molecule has 2 aliphatic rings. The van der Waals surface area contributed by atoms with E-state index in [1.54, 1.807) is 17.2 Å². The molecule has 1 N–H and O–H groups in total. The Morgan fingerprint density at radius 3 is 2.67 bits per heavy atom. The molecule has 1 amide bonds. The number of β-amino-alcohol motifs (C(OH)–C–C–N with tert-alkyl or cyclic N) is 1. The summed E-state index contributed by atoms with van der Waals surface area (Å²) in [6.07, 6.45) is -1.46. The maximum Gasteiger partial charge on any atom is 0.416 e. The minimum Gasteiger partial charge on any atom is -0.395 e. The number of aryl methyl sites for hydroxylation is 1. The molecule has 1 aromatic carbocycles. The fourth-order valence-electron chi connectivity index (χ4n) is 4.32. The molecule has 2 aliphatic heterocycles. The molecule has 1 aromatic heterocycles. The van der Waals surface area contributed by atoms with Gasteiger partial charge in [0.05, 0.1) is 18.4 Å². The highest BCUT2D eigenvalue weighted by molar-refractivity contribution is 5.92. The Labute approximate surface area is 172 Å². The lowest BCUT2D eigenvalue weighted by molar-refractivity contribution is -0.137. The summed E-state index contributed by atoms with van der Waals surface area (Å²) >= 11 is 0. The third-order valence-electron chi connectivity index (χ3n) is 6.04. The van der Waals surface area contributed by atoms with Gasteiger partial charge in [-0.3, -0.25) is 9.69 Å². The standard InChI is InChI=1S/C21H25F3N4O2/c22-21(23,24)17-3-1-2-15(12-17)16-4-5-19-25-13-18(28(19)14-16)20(30)27-8-6-26(7-9-27)10-11-29/h1-3,12-13,16,29H,4-11,14H2. The average Bonchev–Trinajstić information content (AvgIpc) is 3.17. The van der Waals surface area contributed by atoms with Crippen LogP contribution in [0.25, 0.3) is 0 Å². The van der Waals surface area contributed by atoms with E-state index in [0.717, 1.165) is 11.9 Å². The summed E-state index contributed by atoms with van der Waals surface area (Å²) in [7, 11) is 0. The molecule has 162 valence electrons. The number of piperazine rings is 1. The zero-order chi connectivity index (χ0) is 21.3. The zero-order valence-electron chi connectivity index (χ0n) is 16.6. The van der Waals surface area contributed by atoms with Gasteiger partial charge < -0.3 is 14.6 Å². The van der Waals surface area contributed by atoms with Gasteiger partial charge in [-0.2, -0.15) is 13.2 Å². The van der Waals surface area contributed by atoms with Gasteiger partial charge in [0.1, 0.15) is 11.5 Å². The lowest BCUT2D eigenvalue weighted by Gasteiger charge is -2.34. The normalized spacial score (nSPS) is 20.3. The van der Waals surface area contributed by atoms with Gasteiger partial charge in [0.25, 0.3) is 5.91 Å². The zero-order valence-corrected chi connectivity index (χ0v) is 16.6. The quantitative estimate of drug-likeness (QED) is 0.822. The second-order valence-electron chi connectivity index (χ2n) is 7.89. The summed E-state index contributed by atoms with van der Waals surface area (Å²) in [4.78, 5) is 21.4. The number of hydrogen-bond acceptors (Lipinski definition) is 4. The van der Waals surface area contributed by atoms with Gasteiger partial charge in [0.15, 0.2) is 0 Å². The number of imidazole rings is 1. The second kappa shape index (κ2) is 8.39. The minimum absolute atomic E-state index is 0.0953. The Kier molecular flexibility index (Phi) is 5.84. The number of carbonyl (C=O) groups excluding carboxylic acids is 1. The lowest BCUT2D eigenvalue weighted by atomic mass is 9.90. The van der Waals surface area contributed by atoms with Crippen LogP contribution >= 0.6 is 0 Å². The van der Waals surface area contributed by atoms with E-state index < -0.39 is 11.7 Å². The van der Waals surface area contributed by atoms with Crippen molar-refractivity contribution in [3.05, 3.63) is 53.1 Å². The van der Waals surface area contributed by atoms with Crippen molar-refractivity contribution >= 4 is 5.91 Å². The molecule has 2 aromatic rings. The molecule has 30 heavy (non-hydrogen) atoms. The molecular weight excluding hydrogens is 397 g/mol. The van der Waals surface area contributed by atoms with Crippen LogP contribution in [0.5, 0.6) is 0 Å². The average molecular weight is 422 g/mol. The Morgan fingerprint density at radius 1 is 1.20 bits per heavy atom. The Balaban J connectivity index is 1.50. The van der Waals surface area contributed by atoms with E-state index in [4.69, 9.17) is 5.11 Å². The molecule has 1 saturated heterocycles. The van der Waals surface area contributed by atoms with Gasteiger partial charge in [0, 0.05) is 51.6 Å². The van der Waals surface area contributed by atoms with E-state index in [-0.39, 0.29) is 18.4 Å². The van der Waals surface area contributed by atoms with Crippen LogP contribution < -0.4 is 0 Å². The molecule has 0 saturated carbocycles. The Morgan fingerprint density at radius 2 is 1.97 bits per heavy atom. The van der Waals surface area contributed by atoms with Crippen molar-refractivity contribution in [2.24, 2.45) is 0 Å². The molecular formula is C21H25F3N4O2. The van der Waals surface area contributed by atoms with Gasteiger partial charge in [-0.1, -0.05) is 18.2 Å². The van der Waals surface area contributed by atoms with Crippen LogP contribution in [-0.4, -0.2) is 69.7 Å². The van der Waals surface area contributed by atoms with Crippen LogP contribution in [0.4, 0.5) is 13.2 Å². The topological polar surface area (TPSA) is 61.6 Å². The molecule has 3 heterocycles. The molecule has 1 fully saturated rings. The first-order valence-electron chi connectivity index (χ1n) is 10.2. The van der Waals surface area contributed by atoms with Crippen molar-refractivity contribution in [3.63, 3.8) is 0 Å². The van der Waals surface area contributed by atoms with E-state index in [1.807, 2.05) is 4.57 Å². The van der Waals surface area contributed by atoms with Gasteiger partial charge in [0.2, 0.25) is 0 Å². The predicted octanol–water partition coefficient (Wildman–Crippen LogP) is 2.38. The molecule has 0 aliphatic carbocycles. The van der Waals surface area contributed by atoms with Crippen molar-refractivity contribution < 1.29 is 23.1 Å². The van der Waals surface area contributed by atoms with Crippen LogP contribution in [0.2, 0.25) is 0 Å². The number of alkyl halides is 3. The highest BCUT2D eigenvalue weighted by atomic mass is 19.4. The van der Waals surface area contributed by atoms with Crippen molar-refractivity contribution in [2.75, 3.05) is 39.3 Å². The number of halogens is 3. The highest BCUT2D eigenvalue weighted by Crippen LogP contribution is 2.34. The summed E-state index contributed by atoms with van der Waals surface area (Å²) in [5.41, 5.74) is 0.492. The molecule has 0 spiro atoms. The Bertz CT molecular complexity index is 904. The number of hydrogen-bond donors (Lipinski definition) is 1. The number of amides is 1. The van der Waals surface area contributed by atoms with Gasteiger partial charge >= 0.3 is 6.18 Å². The third-order valence-corrected chi connectivity index (χ3v) is 6.04. The largest absolute Gasteiger partial charge is 0.416 e. The van der Waals surface area contributed by atoms with Crippen molar-refractivity contribution in [1.29, 1.82) is 0 Å². The minimum atomic E-state index is -4.37. The summed E-state index contributed by atoms with van der Waals surface area (Å²) in [5.74, 6) is 0.615. The Hall–Kier alpha value is -2.39. The van der Waals surface area contributed by atoms with E-state index >= 15 is 0 Å². The van der Waals surface area contributed by atoms with Crippen molar-refractivity contribution in [2.45, 2.75) is 31.5 Å². The van der Waals surface area contributed by atoms with Crippen molar-refractivity contribution in [3.8, 4) is 0 Å². The molecule has 0 bridgehead atoms. The van der Waals surface area contributed by atoms with Crippen LogP contribution in [0.1, 0.15) is 39.8 Å². The first-order chi connectivity index (χ1) is 14.4. The summed E-state index contributed by atoms with van der Waals surface area (Å²) < 4.78 is 41.2. The highest BCUT2D eigenvalue weighted by Gasteiger charge is 2.33. The van der Waals surface area contributed by atoms with Gasteiger partial charge in [-0.15, -0.1) is 0 Å². The molecule has 6 nitrogen and oxygen atoms in total. The number of aliphatic hydroxyl groups is 1.